The number of benzene rings is 2. The number of aliphatic carboxylic acids is 1. The van der Waals surface area contributed by atoms with Crippen molar-refractivity contribution in [3.05, 3.63) is 75.8 Å². The van der Waals surface area contributed by atoms with E-state index in [-0.39, 0.29) is 30.6 Å². The molecule has 0 saturated carbocycles. The molecule has 190 valence electrons. The maximum atomic E-state index is 12.8. The van der Waals surface area contributed by atoms with Gasteiger partial charge in [0.15, 0.2) is 0 Å². The molecule has 36 heavy (non-hydrogen) atoms. The first-order valence-corrected chi connectivity index (χ1v) is 10.9. The lowest BCUT2D eigenvalue weighted by atomic mass is 10.1. The Bertz CT molecular complexity index is 1170. The molecule has 3 amide bonds. The van der Waals surface area contributed by atoms with Gasteiger partial charge in [-0.05, 0) is 31.5 Å². The van der Waals surface area contributed by atoms with Gasteiger partial charge in [0.1, 0.15) is 12.1 Å². The van der Waals surface area contributed by atoms with Gasteiger partial charge in [0.2, 0.25) is 11.8 Å². The minimum absolute atomic E-state index is 0.0273. The van der Waals surface area contributed by atoms with E-state index in [1.807, 2.05) is 0 Å². The monoisotopic (exact) mass is 497 g/mol. The molecule has 2 aromatic carbocycles. The Kier molecular flexibility index (Phi) is 10.1. The molecule has 0 bridgehead atoms. The fourth-order valence-electron chi connectivity index (χ4n) is 3.17. The molecule has 0 spiro atoms. The first-order valence-electron chi connectivity index (χ1n) is 10.9. The Morgan fingerprint density at radius 1 is 1.08 bits per heavy atom. The van der Waals surface area contributed by atoms with Crippen molar-refractivity contribution in [3.63, 3.8) is 0 Å². The van der Waals surface area contributed by atoms with Crippen LogP contribution in [0.5, 0.6) is 0 Å². The molecule has 2 rings (SSSR count). The number of nitro benzene ring substituents is 1. The van der Waals surface area contributed by atoms with Crippen molar-refractivity contribution in [3.8, 4) is 0 Å². The summed E-state index contributed by atoms with van der Waals surface area (Å²) in [6.45, 7) is 1.65. The van der Waals surface area contributed by atoms with Gasteiger partial charge in [-0.1, -0.05) is 36.4 Å². The van der Waals surface area contributed by atoms with Crippen LogP contribution in [0.25, 0.3) is 6.08 Å². The van der Waals surface area contributed by atoms with Crippen LogP contribution < -0.4 is 21.7 Å². The molecule has 0 aliphatic rings. The molecular weight excluding hydrogens is 470 g/mol. The molecule has 0 aliphatic carbocycles. The molecule has 0 aromatic heterocycles. The van der Waals surface area contributed by atoms with E-state index in [1.54, 1.807) is 54.6 Å². The van der Waals surface area contributed by atoms with Crippen molar-refractivity contribution < 1.29 is 29.2 Å². The highest BCUT2D eigenvalue weighted by atomic mass is 16.6. The van der Waals surface area contributed by atoms with E-state index >= 15 is 0 Å². The van der Waals surface area contributed by atoms with E-state index in [0.717, 1.165) is 0 Å². The van der Waals surface area contributed by atoms with Gasteiger partial charge in [0.05, 0.1) is 16.1 Å². The van der Waals surface area contributed by atoms with E-state index in [2.05, 4.69) is 16.0 Å². The fraction of sp³-hybridized carbons (Fsp3) is 0.250. The van der Waals surface area contributed by atoms with Crippen molar-refractivity contribution >= 4 is 41.1 Å². The Hall–Kier alpha value is -4.74. The molecule has 12 nitrogen and oxygen atoms in total. The second-order valence-electron chi connectivity index (χ2n) is 7.74. The van der Waals surface area contributed by atoms with Crippen molar-refractivity contribution in [2.24, 2.45) is 5.73 Å². The Balaban J connectivity index is 2.00. The number of carbonyl (C=O) groups is 4. The van der Waals surface area contributed by atoms with Gasteiger partial charge < -0.3 is 26.8 Å². The van der Waals surface area contributed by atoms with Gasteiger partial charge >= 0.3 is 5.97 Å². The number of nitrogens with zero attached hydrogens (tertiary/aromatic N) is 1. The van der Waals surface area contributed by atoms with Crippen LogP contribution in [0.3, 0.4) is 0 Å². The number of anilines is 1. The zero-order valence-electron chi connectivity index (χ0n) is 19.5. The number of carbonyl (C=O) groups excluding carboxylic acids is 3. The maximum Gasteiger partial charge on any atom is 0.326 e. The van der Waals surface area contributed by atoms with Gasteiger partial charge in [-0.3, -0.25) is 24.5 Å². The highest BCUT2D eigenvalue weighted by Crippen LogP contribution is 2.19. The predicted octanol–water partition coefficient (Wildman–Crippen LogP) is 1.67. The van der Waals surface area contributed by atoms with Crippen LogP contribution in [-0.2, 0) is 14.4 Å². The molecule has 2 atom stereocenters. The largest absolute Gasteiger partial charge is 0.480 e. The average molecular weight is 498 g/mol. The molecule has 6 N–H and O–H groups in total. The molecular formula is C24H27N5O7. The average Bonchev–Trinajstić information content (AvgIpc) is 2.84. The smallest absolute Gasteiger partial charge is 0.326 e. The van der Waals surface area contributed by atoms with Crippen molar-refractivity contribution in [1.29, 1.82) is 0 Å². The molecule has 0 radical (unpaired) electrons. The number of amides is 3. The minimum Gasteiger partial charge on any atom is -0.480 e. The van der Waals surface area contributed by atoms with E-state index in [1.165, 1.54) is 13.0 Å². The number of hydrogen-bond donors (Lipinski definition) is 5. The Labute approximate surface area is 206 Å². The number of primary amides is 1. The first kappa shape index (κ1) is 27.5. The number of carboxylic acids is 1. The van der Waals surface area contributed by atoms with E-state index in [9.17, 15) is 34.4 Å². The van der Waals surface area contributed by atoms with Gasteiger partial charge in [-0.15, -0.1) is 0 Å². The first-order chi connectivity index (χ1) is 17.1. The van der Waals surface area contributed by atoms with Crippen LogP contribution in [0, 0.1) is 10.1 Å². The van der Waals surface area contributed by atoms with Crippen LogP contribution >= 0.6 is 0 Å². The molecule has 0 aliphatic heterocycles. The third-order valence-corrected chi connectivity index (χ3v) is 5.05. The number of hydrogen-bond acceptors (Lipinski definition) is 7. The number of para-hydroxylation sites is 2. The Morgan fingerprint density at radius 2 is 1.75 bits per heavy atom. The standard InChI is InChI=1S/C24H27N5O7/c1-15(22(31)28-19(24(33)34)12-13-21(25)30)27-23(32)17-9-3-4-10-18(17)26-14-6-8-16-7-2-5-11-20(16)29(35)36/h2-11,15,19,26H,12-14H2,1H3,(H2,25,30)(H,27,32)(H,28,31)(H,33,34)/b8-6+/t15-,19+/m1/s1. The minimum atomic E-state index is -1.33. The fourth-order valence-corrected chi connectivity index (χ4v) is 3.17. The van der Waals surface area contributed by atoms with Crippen LogP contribution in [0.2, 0.25) is 0 Å². The number of carboxylic acid groups (broad SMARTS) is 1. The second-order valence-corrected chi connectivity index (χ2v) is 7.74. The number of nitro groups is 1. The zero-order chi connectivity index (χ0) is 26.7. The molecule has 2 aromatic rings. The second kappa shape index (κ2) is 13.2. The van der Waals surface area contributed by atoms with Crippen LogP contribution in [0.15, 0.2) is 54.6 Å². The highest BCUT2D eigenvalue weighted by molar-refractivity contribution is 6.02. The highest BCUT2D eigenvalue weighted by Gasteiger charge is 2.25. The molecule has 0 fully saturated rings. The summed E-state index contributed by atoms with van der Waals surface area (Å²) < 4.78 is 0. The zero-order valence-corrected chi connectivity index (χ0v) is 19.5. The van der Waals surface area contributed by atoms with Crippen LogP contribution in [0.1, 0.15) is 35.7 Å². The van der Waals surface area contributed by atoms with Crippen molar-refractivity contribution in [2.75, 3.05) is 11.9 Å². The van der Waals surface area contributed by atoms with E-state index in [0.29, 0.717) is 11.3 Å². The summed E-state index contributed by atoms with van der Waals surface area (Å²) in [6.07, 6.45) is 2.87. The summed E-state index contributed by atoms with van der Waals surface area (Å²) >= 11 is 0. The van der Waals surface area contributed by atoms with Gasteiger partial charge in [-0.25, -0.2) is 4.79 Å². The summed E-state index contributed by atoms with van der Waals surface area (Å²) in [7, 11) is 0. The van der Waals surface area contributed by atoms with Crippen molar-refractivity contribution in [1.82, 2.24) is 10.6 Å². The van der Waals surface area contributed by atoms with Crippen molar-refractivity contribution in [2.45, 2.75) is 31.8 Å². The molecule has 0 heterocycles. The topological polar surface area (TPSA) is 194 Å². The summed E-state index contributed by atoms with van der Waals surface area (Å²) in [5.74, 6) is -3.34. The molecule has 12 heteroatoms. The van der Waals surface area contributed by atoms with E-state index in [4.69, 9.17) is 5.73 Å². The normalized spacial score (nSPS) is 12.4. The summed E-state index contributed by atoms with van der Waals surface area (Å²) in [4.78, 5) is 58.1. The molecule has 0 saturated heterocycles. The lowest BCUT2D eigenvalue weighted by molar-refractivity contribution is -0.385. The summed E-state index contributed by atoms with van der Waals surface area (Å²) in [5, 5.41) is 28.2. The van der Waals surface area contributed by atoms with E-state index < -0.39 is 40.7 Å². The summed E-state index contributed by atoms with van der Waals surface area (Å²) in [5.41, 5.74) is 6.13. The summed E-state index contributed by atoms with van der Waals surface area (Å²) in [6, 6.07) is 10.4. The van der Waals surface area contributed by atoms with Crippen LogP contribution in [0.4, 0.5) is 11.4 Å². The van der Waals surface area contributed by atoms with Gasteiger partial charge in [0, 0.05) is 24.7 Å². The number of nitrogens with one attached hydrogen (secondary N) is 3. The lowest BCUT2D eigenvalue weighted by Gasteiger charge is -2.19. The predicted molar refractivity (Wildman–Crippen MR) is 132 cm³/mol. The third kappa shape index (κ3) is 8.24. The Morgan fingerprint density at radius 3 is 2.42 bits per heavy atom. The molecule has 0 unspecified atom stereocenters. The third-order valence-electron chi connectivity index (χ3n) is 5.05. The SMILES string of the molecule is C[C@@H](NC(=O)c1ccccc1NC/C=C/c1ccccc1[N+](=O)[O-])C(=O)N[C@@H](CCC(N)=O)C(=O)O. The van der Waals surface area contributed by atoms with Crippen LogP contribution in [-0.4, -0.2) is 52.3 Å². The number of nitrogens with two attached hydrogens (primary N) is 1. The quantitative estimate of drug-likeness (QED) is 0.204. The number of rotatable bonds is 13. The van der Waals surface area contributed by atoms with Gasteiger partial charge in [0.25, 0.3) is 11.6 Å². The maximum absolute atomic E-state index is 12.8. The van der Waals surface area contributed by atoms with Gasteiger partial charge in [-0.2, -0.15) is 0 Å². The lowest BCUT2D eigenvalue weighted by Crippen LogP contribution is -2.50.